The third kappa shape index (κ3) is 3.06. The smallest absolute Gasteiger partial charge is 0.255 e. The molecule has 0 bridgehead atoms. The van der Waals surface area contributed by atoms with Gasteiger partial charge in [0.15, 0.2) is 0 Å². The highest BCUT2D eigenvalue weighted by Gasteiger charge is 2.09. The van der Waals surface area contributed by atoms with E-state index in [2.05, 4.69) is 5.32 Å². The van der Waals surface area contributed by atoms with Gasteiger partial charge in [0.05, 0.1) is 12.1 Å². The van der Waals surface area contributed by atoms with Crippen molar-refractivity contribution in [3.8, 4) is 5.75 Å². The number of hydrogen-bond acceptors (Lipinski definition) is 2. The molecule has 0 aliphatic carbocycles. The van der Waals surface area contributed by atoms with Crippen molar-refractivity contribution in [1.82, 2.24) is 0 Å². The van der Waals surface area contributed by atoms with Crippen molar-refractivity contribution in [3.63, 3.8) is 0 Å². The van der Waals surface area contributed by atoms with E-state index in [0.717, 1.165) is 5.56 Å². The lowest BCUT2D eigenvalue weighted by atomic mass is 10.1. The first-order valence-electron chi connectivity index (χ1n) is 5.82. The Labute approximate surface area is 117 Å². The normalized spacial score (nSPS) is 10.1. The zero-order chi connectivity index (χ0) is 13.8. The quantitative estimate of drug-likeness (QED) is 0.922. The molecule has 0 unspecified atom stereocenters. The minimum absolute atomic E-state index is 0.150. The molecule has 2 aromatic carbocycles. The molecular formula is C15H14ClNO2. The van der Waals surface area contributed by atoms with Crippen LogP contribution in [-0.4, -0.2) is 13.0 Å². The Morgan fingerprint density at radius 1 is 1.21 bits per heavy atom. The van der Waals surface area contributed by atoms with Gasteiger partial charge in [0, 0.05) is 17.3 Å². The Morgan fingerprint density at radius 2 is 1.95 bits per heavy atom. The van der Waals surface area contributed by atoms with Gasteiger partial charge in [-0.25, -0.2) is 0 Å². The lowest BCUT2D eigenvalue weighted by Crippen LogP contribution is -2.13. The van der Waals surface area contributed by atoms with Crippen molar-refractivity contribution in [1.29, 1.82) is 0 Å². The molecule has 2 aromatic rings. The topological polar surface area (TPSA) is 38.3 Å². The Hall–Kier alpha value is -2.00. The SMILES string of the molecule is COc1cc(NC(=O)c2ccccc2C)ccc1Cl. The second-order valence-electron chi connectivity index (χ2n) is 4.12. The van der Waals surface area contributed by atoms with Crippen LogP contribution < -0.4 is 10.1 Å². The van der Waals surface area contributed by atoms with E-state index in [9.17, 15) is 4.79 Å². The van der Waals surface area contributed by atoms with E-state index in [4.69, 9.17) is 16.3 Å². The fourth-order valence-electron chi connectivity index (χ4n) is 1.76. The Bertz CT molecular complexity index is 611. The van der Waals surface area contributed by atoms with E-state index in [-0.39, 0.29) is 5.91 Å². The van der Waals surface area contributed by atoms with Crippen LogP contribution in [0.2, 0.25) is 5.02 Å². The maximum atomic E-state index is 12.1. The lowest BCUT2D eigenvalue weighted by Gasteiger charge is -2.09. The first-order valence-corrected chi connectivity index (χ1v) is 6.20. The van der Waals surface area contributed by atoms with Crippen LogP contribution in [0.3, 0.4) is 0 Å². The molecule has 0 spiro atoms. The monoisotopic (exact) mass is 275 g/mol. The standard InChI is InChI=1S/C15H14ClNO2/c1-10-5-3-4-6-12(10)15(18)17-11-7-8-13(16)14(9-11)19-2/h3-9H,1-2H3,(H,17,18). The molecule has 0 saturated heterocycles. The summed E-state index contributed by atoms with van der Waals surface area (Å²) >= 11 is 5.94. The number of hydrogen-bond donors (Lipinski definition) is 1. The third-order valence-corrected chi connectivity index (χ3v) is 3.11. The molecule has 3 nitrogen and oxygen atoms in total. The zero-order valence-electron chi connectivity index (χ0n) is 10.7. The molecule has 0 radical (unpaired) electrons. The number of halogens is 1. The van der Waals surface area contributed by atoms with Gasteiger partial charge in [0.25, 0.3) is 5.91 Å². The molecule has 0 heterocycles. The van der Waals surface area contributed by atoms with Gasteiger partial charge in [-0.3, -0.25) is 4.79 Å². The average Bonchev–Trinajstić information content (AvgIpc) is 2.41. The molecule has 2 rings (SSSR count). The van der Waals surface area contributed by atoms with Gasteiger partial charge in [-0.1, -0.05) is 29.8 Å². The zero-order valence-corrected chi connectivity index (χ0v) is 11.5. The summed E-state index contributed by atoms with van der Waals surface area (Å²) in [6.45, 7) is 1.90. The average molecular weight is 276 g/mol. The number of benzene rings is 2. The number of aryl methyl sites for hydroxylation is 1. The van der Waals surface area contributed by atoms with Crippen molar-refractivity contribution >= 4 is 23.2 Å². The largest absolute Gasteiger partial charge is 0.495 e. The summed E-state index contributed by atoms with van der Waals surface area (Å²) in [6.07, 6.45) is 0. The molecule has 0 aromatic heterocycles. The van der Waals surface area contributed by atoms with E-state index >= 15 is 0 Å². The van der Waals surface area contributed by atoms with Crippen LogP contribution in [0.15, 0.2) is 42.5 Å². The lowest BCUT2D eigenvalue weighted by molar-refractivity contribution is 0.102. The number of rotatable bonds is 3. The minimum Gasteiger partial charge on any atom is -0.495 e. The highest BCUT2D eigenvalue weighted by molar-refractivity contribution is 6.32. The molecule has 98 valence electrons. The van der Waals surface area contributed by atoms with E-state index in [1.807, 2.05) is 25.1 Å². The number of carbonyl (C=O) groups excluding carboxylic acids is 1. The predicted octanol–water partition coefficient (Wildman–Crippen LogP) is 3.91. The Morgan fingerprint density at radius 3 is 2.63 bits per heavy atom. The van der Waals surface area contributed by atoms with Crippen molar-refractivity contribution < 1.29 is 9.53 Å². The number of nitrogens with one attached hydrogen (secondary N) is 1. The fourth-order valence-corrected chi connectivity index (χ4v) is 1.96. The van der Waals surface area contributed by atoms with Crippen LogP contribution in [0.4, 0.5) is 5.69 Å². The number of methoxy groups -OCH3 is 1. The number of amides is 1. The molecule has 4 heteroatoms. The van der Waals surface area contributed by atoms with Crippen LogP contribution >= 0.6 is 11.6 Å². The Kier molecular flexibility index (Phi) is 4.07. The predicted molar refractivity (Wildman–Crippen MR) is 77.1 cm³/mol. The van der Waals surface area contributed by atoms with Crippen LogP contribution in [0.5, 0.6) is 5.75 Å². The van der Waals surface area contributed by atoms with Crippen molar-refractivity contribution in [2.24, 2.45) is 0 Å². The molecular weight excluding hydrogens is 262 g/mol. The van der Waals surface area contributed by atoms with Gasteiger partial charge >= 0.3 is 0 Å². The summed E-state index contributed by atoms with van der Waals surface area (Å²) in [5, 5.41) is 3.33. The first-order chi connectivity index (χ1) is 9.11. The van der Waals surface area contributed by atoms with Gasteiger partial charge in [-0.05, 0) is 30.7 Å². The molecule has 19 heavy (non-hydrogen) atoms. The summed E-state index contributed by atoms with van der Waals surface area (Å²) in [5.41, 5.74) is 2.23. The molecule has 0 atom stereocenters. The number of ether oxygens (including phenoxy) is 1. The first kappa shape index (κ1) is 13.4. The summed E-state index contributed by atoms with van der Waals surface area (Å²) in [4.78, 5) is 12.1. The summed E-state index contributed by atoms with van der Waals surface area (Å²) < 4.78 is 5.11. The molecule has 1 amide bonds. The van der Waals surface area contributed by atoms with Gasteiger partial charge in [-0.15, -0.1) is 0 Å². The van der Waals surface area contributed by atoms with Crippen molar-refractivity contribution in [2.45, 2.75) is 6.92 Å². The van der Waals surface area contributed by atoms with E-state index in [1.165, 1.54) is 7.11 Å². The second-order valence-corrected chi connectivity index (χ2v) is 4.53. The minimum atomic E-state index is -0.150. The molecule has 0 fully saturated rings. The van der Waals surface area contributed by atoms with Gasteiger partial charge in [0.2, 0.25) is 0 Å². The highest BCUT2D eigenvalue weighted by atomic mass is 35.5. The molecule has 0 saturated carbocycles. The second kappa shape index (κ2) is 5.76. The third-order valence-electron chi connectivity index (χ3n) is 2.80. The van der Waals surface area contributed by atoms with Gasteiger partial charge in [-0.2, -0.15) is 0 Å². The van der Waals surface area contributed by atoms with Gasteiger partial charge in [0.1, 0.15) is 5.75 Å². The van der Waals surface area contributed by atoms with Crippen LogP contribution in [0, 0.1) is 6.92 Å². The number of anilines is 1. The van der Waals surface area contributed by atoms with Crippen molar-refractivity contribution in [2.75, 3.05) is 12.4 Å². The van der Waals surface area contributed by atoms with E-state index < -0.39 is 0 Å². The molecule has 0 aliphatic heterocycles. The van der Waals surface area contributed by atoms with E-state index in [0.29, 0.717) is 22.0 Å². The molecule has 0 aliphatic rings. The summed E-state index contributed by atoms with van der Waals surface area (Å²) in [6, 6.07) is 12.5. The maximum absolute atomic E-state index is 12.1. The maximum Gasteiger partial charge on any atom is 0.255 e. The fraction of sp³-hybridized carbons (Fsp3) is 0.133. The Balaban J connectivity index is 2.22. The van der Waals surface area contributed by atoms with Crippen molar-refractivity contribution in [3.05, 3.63) is 58.6 Å². The summed E-state index contributed by atoms with van der Waals surface area (Å²) in [5.74, 6) is 0.381. The summed E-state index contributed by atoms with van der Waals surface area (Å²) in [7, 11) is 1.54. The van der Waals surface area contributed by atoms with Crippen LogP contribution in [-0.2, 0) is 0 Å². The van der Waals surface area contributed by atoms with Gasteiger partial charge < -0.3 is 10.1 Å². The van der Waals surface area contributed by atoms with Crippen LogP contribution in [0.1, 0.15) is 15.9 Å². The van der Waals surface area contributed by atoms with Crippen LogP contribution in [0.25, 0.3) is 0 Å². The molecule has 1 N–H and O–H groups in total. The number of carbonyl (C=O) groups is 1. The highest BCUT2D eigenvalue weighted by Crippen LogP contribution is 2.27. The van der Waals surface area contributed by atoms with E-state index in [1.54, 1.807) is 24.3 Å².